The highest BCUT2D eigenvalue weighted by Crippen LogP contribution is 2.64. The molecule has 0 bridgehead atoms. The predicted octanol–water partition coefficient (Wildman–Crippen LogP) is 4.09. The molecule has 0 spiro atoms. The van der Waals surface area contributed by atoms with Crippen molar-refractivity contribution in [2.75, 3.05) is 0 Å². The van der Waals surface area contributed by atoms with Crippen LogP contribution >= 0.6 is 0 Å². The highest BCUT2D eigenvalue weighted by Gasteiger charge is 2.58. The maximum Gasteiger partial charge on any atom is 0.155 e. The normalized spacial score (nSPS) is 66.0. The molecular weight excluding hydrogens is 260 g/mol. The molecule has 0 aromatic rings. The molecule has 0 radical (unpaired) electrons. The molecule has 3 saturated carbocycles. The van der Waals surface area contributed by atoms with Crippen molar-refractivity contribution in [3.05, 3.63) is 11.6 Å². The van der Waals surface area contributed by atoms with Crippen molar-refractivity contribution in [3.8, 4) is 0 Å². The number of carbonyl (C=O) groups excluding carboxylic acids is 2. The van der Waals surface area contributed by atoms with Crippen molar-refractivity contribution in [3.63, 3.8) is 0 Å². The minimum atomic E-state index is -2.59. The van der Waals surface area contributed by atoms with Crippen molar-refractivity contribution < 1.29 is 20.6 Å². The third-order valence-electron chi connectivity index (χ3n) is 6.39. The summed E-state index contributed by atoms with van der Waals surface area (Å²) in [6, 6.07) is -0.657. The summed E-state index contributed by atoms with van der Waals surface area (Å²) in [4.78, 5) is 25.3. The second-order valence-corrected chi connectivity index (χ2v) is 7.32. The number of hydrogen-bond acceptors (Lipinski definition) is 2. The number of ketones is 2. The zero-order valence-electron chi connectivity index (χ0n) is 20.5. The Labute approximate surface area is 138 Å². The largest absolute Gasteiger partial charge is 0.299 e. The molecule has 21 heavy (non-hydrogen) atoms. The lowest BCUT2D eigenvalue weighted by atomic mass is 9.47. The van der Waals surface area contributed by atoms with Gasteiger partial charge in [-0.05, 0) is 67.7 Å². The van der Waals surface area contributed by atoms with Crippen LogP contribution in [-0.2, 0) is 9.59 Å². The van der Waals surface area contributed by atoms with Gasteiger partial charge in [0.15, 0.2) is 5.78 Å². The fraction of sp³-hybridized carbons (Fsp3) is 0.789. The predicted molar refractivity (Wildman–Crippen MR) is 81.7 cm³/mol. The van der Waals surface area contributed by atoms with E-state index in [2.05, 4.69) is 0 Å². The lowest BCUT2D eigenvalue weighted by Gasteiger charge is -2.56. The van der Waals surface area contributed by atoms with Crippen molar-refractivity contribution in [2.24, 2.45) is 28.6 Å². The first kappa shape index (κ1) is 7.57. The van der Waals surface area contributed by atoms with Crippen LogP contribution in [0.4, 0.5) is 0 Å². The van der Waals surface area contributed by atoms with Crippen LogP contribution in [0.3, 0.4) is 0 Å². The Kier molecular flexibility index (Phi) is 1.55. The monoisotopic (exact) mass is 294 g/mol. The molecule has 0 amide bonds. The van der Waals surface area contributed by atoms with Gasteiger partial charge in [-0.15, -0.1) is 0 Å². The molecule has 0 unspecified atom stereocenters. The van der Waals surface area contributed by atoms with Crippen molar-refractivity contribution in [1.29, 1.82) is 0 Å². The molecule has 3 fully saturated rings. The van der Waals surface area contributed by atoms with Gasteiger partial charge in [-0.2, -0.15) is 0 Å². The molecule has 4 rings (SSSR count). The molecule has 0 saturated heterocycles. The summed E-state index contributed by atoms with van der Waals surface area (Å²) in [5.41, 5.74) is -2.34. The maximum absolute atomic E-state index is 12.8. The average Bonchev–Trinajstić information content (AvgIpc) is 2.78. The van der Waals surface area contributed by atoms with Crippen LogP contribution in [-0.4, -0.2) is 11.6 Å². The Morgan fingerprint density at radius 3 is 2.67 bits per heavy atom. The fourth-order valence-electron chi connectivity index (χ4n) is 5.02. The summed E-state index contributed by atoms with van der Waals surface area (Å²) in [7, 11) is 0. The van der Waals surface area contributed by atoms with Gasteiger partial charge in [0.2, 0.25) is 0 Å². The van der Waals surface area contributed by atoms with Gasteiger partial charge in [-0.1, -0.05) is 19.4 Å². The van der Waals surface area contributed by atoms with Gasteiger partial charge in [-0.3, -0.25) is 9.59 Å². The average molecular weight is 294 g/mol. The molecule has 2 nitrogen and oxygen atoms in total. The number of Topliss-reactive ketones (excluding diaryl/α,β-unsaturated/α-hetero) is 1. The van der Waals surface area contributed by atoms with Crippen LogP contribution in [0.25, 0.3) is 0 Å². The quantitative estimate of drug-likeness (QED) is 0.674. The van der Waals surface area contributed by atoms with E-state index in [0.717, 1.165) is 0 Å². The molecular formula is C19H26O2. The van der Waals surface area contributed by atoms with Crippen LogP contribution in [0.5, 0.6) is 0 Å². The van der Waals surface area contributed by atoms with Gasteiger partial charge < -0.3 is 0 Å². The first-order valence-corrected chi connectivity index (χ1v) is 7.77. The SMILES string of the molecule is [2H]C1=C2C([2H])([2H])C[C@@H]3[C@H](CC[C@]4(C)C(=O)C([2H])([2H])C[C@@H]34)[C@@]2(C)[C@@H]([2H])C([2H])([2H])C1=O. The van der Waals surface area contributed by atoms with Crippen LogP contribution in [0.1, 0.15) is 76.0 Å². The molecule has 0 aromatic heterocycles. The molecule has 4 aliphatic carbocycles. The van der Waals surface area contributed by atoms with Gasteiger partial charge in [0, 0.05) is 27.8 Å². The smallest absolute Gasteiger partial charge is 0.155 e. The highest BCUT2D eigenvalue weighted by atomic mass is 16.1. The topological polar surface area (TPSA) is 34.1 Å². The Bertz CT molecular complexity index is 849. The fourth-order valence-corrected chi connectivity index (χ4v) is 5.02. The number of fused-ring (bicyclic) bond motifs is 5. The van der Waals surface area contributed by atoms with Crippen LogP contribution < -0.4 is 0 Å². The lowest BCUT2D eigenvalue weighted by Crippen LogP contribution is -2.50. The number of carbonyl (C=O) groups is 2. The summed E-state index contributed by atoms with van der Waals surface area (Å²) in [5.74, 6) is -2.78. The summed E-state index contributed by atoms with van der Waals surface area (Å²) < 4.78 is 66.9. The Hall–Kier alpha value is -0.920. The molecule has 6 atom stereocenters. The highest BCUT2D eigenvalue weighted by molar-refractivity contribution is 5.91. The number of hydrogen-bond donors (Lipinski definition) is 0. The van der Waals surface area contributed by atoms with E-state index >= 15 is 0 Å². The van der Waals surface area contributed by atoms with E-state index in [1.807, 2.05) is 0 Å². The molecule has 0 aliphatic heterocycles. The second kappa shape index (κ2) is 4.30. The Balaban J connectivity index is 1.91. The Morgan fingerprint density at radius 2 is 1.86 bits per heavy atom. The number of rotatable bonds is 0. The van der Waals surface area contributed by atoms with E-state index < -0.39 is 65.8 Å². The van der Waals surface area contributed by atoms with E-state index in [1.54, 1.807) is 13.8 Å². The van der Waals surface area contributed by atoms with Gasteiger partial charge >= 0.3 is 0 Å². The Morgan fingerprint density at radius 1 is 1.10 bits per heavy atom. The van der Waals surface area contributed by atoms with Crippen LogP contribution in [0.15, 0.2) is 11.6 Å². The first-order valence-electron chi connectivity index (χ1n) is 11.8. The van der Waals surface area contributed by atoms with Crippen molar-refractivity contribution in [2.45, 2.75) is 65.0 Å². The van der Waals surface area contributed by atoms with Crippen molar-refractivity contribution in [1.82, 2.24) is 0 Å². The minimum Gasteiger partial charge on any atom is -0.299 e. The zero-order chi connectivity index (χ0) is 21.9. The summed E-state index contributed by atoms with van der Waals surface area (Å²) in [6.07, 6.45) is -7.45. The standard InChI is InChI=1S/C19H26O2/c1-18-9-7-13(20)11-12(18)3-4-14-15-5-6-17(21)19(15,2)10-8-16(14)18/h11,14-16H,3-10H2,1-2H3/t14-,15-,16-,18-,19-/m0/s1/i3D2,6D2,7D2,9D,11D/t9-,14-,15-,16-,18-,19-. The van der Waals surface area contributed by atoms with E-state index in [9.17, 15) is 9.59 Å². The van der Waals surface area contributed by atoms with Gasteiger partial charge in [-0.25, -0.2) is 0 Å². The third-order valence-corrected chi connectivity index (χ3v) is 6.39. The summed E-state index contributed by atoms with van der Waals surface area (Å²) in [5, 5.41) is 0. The second-order valence-electron chi connectivity index (χ2n) is 7.32. The van der Waals surface area contributed by atoms with E-state index in [1.165, 1.54) is 0 Å². The molecule has 0 aromatic carbocycles. The van der Waals surface area contributed by atoms with Crippen molar-refractivity contribution >= 4 is 11.6 Å². The third kappa shape index (κ3) is 1.71. The maximum atomic E-state index is 12.8. The van der Waals surface area contributed by atoms with E-state index in [0.29, 0.717) is 12.8 Å². The molecule has 2 heteroatoms. The lowest BCUT2D eigenvalue weighted by molar-refractivity contribution is -0.132. The summed E-state index contributed by atoms with van der Waals surface area (Å²) >= 11 is 0. The molecule has 0 N–H and O–H groups in total. The van der Waals surface area contributed by atoms with E-state index in [-0.39, 0.29) is 24.3 Å². The zero-order valence-corrected chi connectivity index (χ0v) is 12.5. The van der Waals surface area contributed by atoms with Crippen LogP contribution in [0, 0.1) is 28.6 Å². The minimum absolute atomic E-state index is 0.00305. The summed E-state index contributed by atoms with van der Waals surface area (Å²) in [6.45, 7) is 3.35. The molecule has 4 aliphatic rings. The van der Waals surface area contributed by atoms with E-state index in [4.69, 9.17) is 11.0 Å². The first-order chi connectivity index (χ1) is 13.0. The van der Waals surface area contributed by atoms with Gasteiger partial charge in [0.25, 0.3) is 0 Å². The number of allylic oxidation sites excluding steroid dienone is 1. The molecule has 0 heterocycles. The van der Waals surface area contributed by atoms with Crippen LogP contribution in [0.2, 0.25) is 0 Å². The van der Waals surface area contributed by atoms with Gasteiger partial charge in [0.1, 0.15) is 5.78 Å². The molecule has 114 valence electrons. The van der Waals surface area contributed by atoms with Gasteiger partial charge in [0.05, 0.1) is 1.37 Å².